The Kier molecular flexibility index (Phi) is 7.23. The molecule has 1 fully saturated rings. The molecule has 1 heterocycles. The molecule has 1 amide bonds. The summed E-state index contributed by atoms with van der Waals surface area (Å²) in [5.41, 5.74) is 1.10. The Morgan fingerprint density at radius 1 is 1.06 bits per heavy atom. The number of amides is 1. The molecule has 31 heavy (non-hydrogen) atoms. The summed E-state index contributed by atoms with van der Waals surface area (Å²) >= 11 is 0. The largest absolute Gasteiger partial charge is 0.449 e. The van der Waals surface area contributed by atoms with Crippen LogP contribution >= 0.6 is 0 Å². The molecule has 8 heteroatoms. The van der Waals surface area contributed by atoms with Gasteiger partial charge in [-0.2, -0.15) is 0 Å². The van der Waals surface area contributed by atoms with Gasteiger partial charge in [-0.15, -0.1) is 0 Å². The summed E-state index contributed by atoms with van der Waals surface area (Å²) < 4.78 is 5.31. The third-order valence-corrected chi connectivity index (χ3v) is 5.46. The highest BCUT2D eigenvalue weighted by Gasteiger charge is 2.26. The molecule has 8 nitrogen and oxygen atoms in total. The number of hydrogen-bond acceptors (Lipinski definition) is 6. The van der Waals surface area contributed by atoms with Gasteiger partial charge in [-0.05, 0) is 44.0 Å². The van der Waals surface area contributed by atoms with E-state index in [1.54, 1.807) is 37.4 Å². The van der Waals surface area contributed by atoms with Gasteiger partial charge in [0.05, 0.1) is 10.5 Å². The Bertz CT molecular complexity index is 939. The first-order valence-corrected chi connectivity index (χ1v) is 10.5. The standard InChI is InChI=1S/C23H27N3O5/c1-17(22(27)24(2)19-10-6-5-7-11-19)31-23(28)18-12-13-20(21(16-18)26(29)30)25-14-8-3-4-9-15-25/h5-7,10-13,16-17H,3-4,8-9,14-15H2,1-2H3/t17-/m0/s1. The van der Waals surface area contributed by atoms with Gasteiger partial charge in [0.25, 0.3) is 11.6 Å². The number of carbonyl (C=O) groups excluding carboxylic acids is 2. The number of hydrogen-bond donors (Lipinski definition) is 0. The molecule has 2 aromatic carbocycles. The predicted molar refractivity (Wildman–Crippen MR) is 119 cm³/mol. The van der Waals surface area contributed by atoms with Crippen molar-refractivity contribution in [3.05, 3.63) is 64.2 Å². The van der Waals surface area contributed by atoms with Gasteiger partial charge in [0.15, 0.2) is 6.10 Å². The van der Waals surface area contributed by atoms with E-state index < -0.39 is 22.9 Å². The Morgan fingerprint density at radius 2 is 1.71 bits per heavy atom. The van der Waals surface area contributed by atoms with Crippen LogP contribution in [0.1, 0.15) is 43.0 Å². The zero-order valence-electron chi connectivity index (χ0n) is 17.8. The highest BCUT2D eigenvalue weighted by atomic mass is 16.6. The molecular formula is C23H27N3O5. The minimum atomic E-state index is -1.04. The normalized spacial score (nSPS) is 15.0. The first-order valence-electron chi connectivity index (χ1n) is 10.5. The van der Waals surface area contributed by atoms with Crippen molar-refractivity contribution >= 4 is 28.9 Å². The van der Waals surface area contributed by atoms with Crippen LogP contribution in [-0.2, 0) is 9.53 Å². The molecule has 2 aromatic rings. The van der Waals surface area contributed by atoms with Gasteiger partial charge in [-0.3, -0.25) is 14.9 Å². The summed E-state index contributed by atoms with van der Waals surface area (Å²) in [5, 5.41) is 11.7. The molecule has 0 radical (unpaired) electrons. The first-order chi connectivity index (χ1) is 14.9. The van der Waals surface area contributed by atoms with Gasteiger partial charge >= 0.3 is 5.97 Å². The summed E-state index contributed by atoms with van der Waals surface area (Å²) in [6.07, 6.45) is 3.14. The third-order valence-electron chi connectivity index (χ3n) is 5.46. The number of benzene rings is 2. The number of esters is 1. The molecule has 164 valence electrons. The summed E-state index contributed by atoms with van der Waals surface area (Å²) in [6, 6.07) is 13.4. The van der Waals surface area contributed by atoms with E-state index >= 15 is 0 Å². The molecule has 0 bridgehead atoms. The maximum Gasteiger partial charge on any atom is 0.339 e. The van der Waals surface area contributed by atoms with E-state index in [4.69, 9.17) is 4.74 Å². The Labute approximate surface area is 181 Å². The second kappa shape index (κ2) is 10.1. The van der Waals surface area contributed by atoms with Crippen molar-refractivity contribution in [3.63, 3.8) is 0 Å². The topological polar surface area (TPSA) is 93.0 Å². The average molecular weight is 425 g/mol. The van der Waals surface area contributed by atoms with E-state index in [-0.39, 0.29) is 11.3 Å². The summed E-state index contributed by atoms with van der Waals surface area (Å²) in [6.45, 7) is 2.99. The van der Waals surface area contributed by atoms with Gasteiger partial charge in [-0.25, -0.2) is 4.79 Å². The number of rotatable bonds is 6. The molecule has 1 atom stereocenters. The molecule has 0 aromatic heterocycles. The number of nitro groups is 1. The van der Waals surface area contributed by atoms with Crippen molar-refractivity contribution in [2.45, 2.75) is 38.7 Å². The van der Waals surface area contributed by atoms with Crippen molar-refractivity contribution in [3.8, 4) is 0 Å². The molecule has 0 spiro atoms. The van der Waals surface area contributed by atoms with Crippen LogP contribution < -0.4 is 9.80 Å². The van der Waals surface area contributed by atoms with Crippen molar-refractivity contribution in [2.75, 3.05) is 29.9 Å². The Morgan fingerprint density at radius 3 is 2.32 bits per heavy atom. The van der Waals surface area contributed by atoms with Gasteiger partial charge < -0.3 is 14.5 Å². The maximum absolute atomic E-state index is 12.6. The van der Waals surface area contributed by atoms with Crippen LogP contribution in [0.3, 0.4) is 0 Å². The number of ether oxygens (including phenoxy) is 1. The van der Waals surface area contributed by atoms with Crippen molar-refractivity contribution < 1.29 is 19.2 Å². The zero-order chi connectivity index (χ0) is 22.4. The fourth-order valence-corrected chi connectivity index (χ4v) is 3.71. The fourth-order valence-electron chi connectivity index (χ4n) is 3.71. The lowest BCUT2D eigenvalue weighted by Gasteiger charge is -2.23. The summed E-state index contributed by atoms with van der Waals surface area (Å²) in [5.74, 6) is -1.16. The van der Waals surface area contributed by atoms with Crippen LogP contribution in [0.2, 0.25) is 0 Å². The molecular weight excluding hydrogens is 398 g/mol. The number of likely N-dealkylation sites (N-methyl/N-ethyl adjacent to an activating group) is 1. The number of para-hydroxylation sites is 1. The van der Waals surface area contributed by atoms with Crippen LogP contribution in [0.4, 0.5) is 17.1 Å². The lowest BCUT2D eigenvalue weighted by atomic mass is 10.1. The Balaban J connectivity index is 1.74. The monoisotopic (exact) mass is 425 g/mol. The van der Waals surface area contributed by atoms with E-state index in [0.717, 1.165) is 38.8 Å². The molecule has 0 N–H and O–H groups in total. The maximum atomic E-state index is 12.6. The van der Waals surface area contributed by atoms with Gasteiger partial charge in [0.2, 0.25) is 0 Å². The summed E-state index contributed by atoms with van der Waals surface area (Å²) in [7, 11) is 1.60. The highest BCUT2D eigenvalue weighted by Crippen LogP contribution is 2.31. The van der Waals surface area contributed by atoms with Gasteiger partial charge in [-0.1, -0.05) is 31.0 Å². The quantitative estimate of drug-likeness (QED) is 0.392. The van der Waals surface area contributed by atoms with Gasteiger partial charge in [0.1, 0.15) is 5.69 Å². The number of anilines is 2. The SMILES string of the molecule is C[C@H](OC(=O)c1ccc(N2CCCCCC2)c([N+](=O)[O-])c1)C(=O)N(C)c1ccccc1. The number of nitrogens with zero attached hydrogens (tertiary/aromatic N) is 3. The van der Waals surface area contributed by atoms with E-state index in [0.29, 0.717) is 11.4 Å². The minimum absolute atomic E-state index is 0.0484. The van der Waals surface area contributed by atoms with E-state index in [1.165, 1.54) is 24.0 Å². The number of carbonyl (C=O) groups is 2. The van der Waals surface area contributed by atoms with Crippen LogP contribution in [-0.4, -0.2) is 43.0 Å². The molecule has 1 aliphatic heterocycles. The van der Waals surface area contributed by atoms with Crippen LogP contribution in [0, 0.1) is 10.1 Å². The minimum Gasteiger partial charge on any atom is -0.449 e. The fraction of sp³-hybridized carbons (Fsp3) is 0.391. The lowest BCUT2D eigenvalue weighted by Crippen LogP contribution is -2.37. The second-order valence-electron chi connectivity index (χ2n) is 7.64. The van der Waals surface area contributed by atoms with E-state index in [9.17, 15) is 19.7 Å². The molecule has 0 aliphatic carbocycles. The number of nitro benzene ring substituents is 1. The lowest BCUT2D eigenvalue weighted by molar-refractivity contribution is -0.384. The van der Waals surface area contributed by atoms with Crippen LogP contribution in [0.15, 0.2) is 48.5 Å². The zero-order valence-corrected chi connectivity index (χ0v) is 17.8. The smallest absolute Gasteiger partial charge is 0.339 e. The van der Waals surface area contributed by atoms with E-state index in [2.05, 4.69) is 0 Å². The molecule has 0 saturated carbocycles. The van der Waals surface area contributed by atoms with E-state index in [1.807, 2.05) is 11.0 Å². The second-order valence-corrected chi connectivity index (χ2v) is 7.64. The summed E-state index contributed by atoms with van der Waals surface area (Å²) in [4.78, 5) is 39.8. The van der Waals surface area contributed by atoms with Crippen molar-refractivity contribution in [1.29, 1.82) is 0 Å². The van der Waals surface area contributed by atoms with Crippen molar-refractivity contribution in [1.82, 2.24) is 0 Å². The first kappa shape index (κ1) is 22.3. The molecule has 3 rings (SSSR count). The average Bonchev–Trinajstić information content (AvgIpc) is 3.07. The highest BCUT2D eigenvalue weighted by molar-refractivity contribution is 5.99. The predicted octanol–water partition coefficient (Wildman–Crippen LogP) is 4.18. The molecule has 1 aliphatic rings. The Hall–Kier alpha value is -3.42. The van der Waals surface area contributed by atoms with Crippen LogP contribution in [0.25, 0.3) is 0 Å². The third kappa shape index (κ3) is 5.39. The molecule has 0 unspecified atom stereocenters. The molecule has 1 saturated heterocycles. The van der Waals surface area contributed by atoms with Crippen molar-refractivity contribution in [2.24, 2.45) is 0 Å². The van der Waals surface area contributed by atoms with Gasteiger partial charge in [0, 0.05) is 31.9 Å². The van der Waals surface area contributed by atoms with Crippen LogP contribution in [0.5, 0.6) is 0 Å².